The zero-order valence-electron chi connectivity index (χ0n) is 10.1. The van der Waals surface area contributed by atoms with Crippen molar-refractivity contribution < 1.29 is 4.39 Å². The minimum Gasteiger partial charge on any atom is -0.336 e. The molecular formula is C13H15BrFN3. The molecule has 0 fully saturated rings. The number of imidazole rings is 1. The lowest BCUT2D eigenvalue weighted by atomic mass is 10.1. The van der Waals surface area contributed by atoms with E-state index in [0.717, 1.165) is 18.7 Å². The predicted molar refractivity (Wildman–Crippen MR) is 72.7 cm³/mol. The van der Waals surface area contributed by atoms with Crippen molar-refractivity contribution in [1.29, 1.82) is 0 Å². The van der Waals surface area contributed by atoms with Crippen molar-refractivity contribution in [3.8, 4) is 0 Å². The van der Waals surface area contributed by atoms with Gasteiger partial charge in [0.1, 0.15) is 5.82 Å². The van der Waals surface area contributed by atoms with Crippen molar-refractivity contribution in [2.75, 3.05) is 6.54 Å². The normalized spacial score (nSPS) is 12.6. The fourth-order valence-electron chi connectivity index (χ4n) is 1.73. The molecule has 0 aliphatic heterocycles. The lowest BCUT2D eigenvalue weighted by molar-refractivity contribution is 0.529. The first-order valence-corrected chi connectivity index (χ1v) is 6.60. The zero-order valence-corrected chi connectivity index (χ0v) is 11.7. The summed E-state index contributed by atoms with van der Waals surface area (Å²) in [4.78, 5) is 3.99. The average Bonchev–Trinajstić information content (AvgIpc) is 2.85. The summed E-state index contributed by atoms with van der Waals surface area (Å²) in [5.41, 5.74) is 1.06. The molecule has 0 saturated carbocycles. The average molecular weight is 312 g/mol. The number of benzene rings is 1. The minimum atomic E-state index is -0.232. The number of nitrogens with one attached hydrogen (secondary N) is 1. The van der Waals surface area contributed by atoms with E-state index in [2.05, 4.69) is 33.2 Å². The van der Waals surface area contributed by atoms with E-state index >= 15 is 0 Å². The number of hydrogen-bond donors (Lipinski definition) is 1. The number of aromatic nitrogens is 2. The van der Waals surface area contributed by atoms with Crippen LogP contribution < -0.4 is 5.32 Å². The smallest absolute Gasteiger partial charge is 0.137 e. The van der Waals surface area contributed by atoms with Crippen LogP contribution in [-0.2, 0) is 6.54 Å². The maximum atomic E-state index is 13.1. The van der Waals surface area contributed by atoms with Crippen LogP contribution in [0, 0.1) is 5.82 Å². The summed E-state index contributed by atoms with van der Waals surface area (Å²) < 4.78 is 15.6. The third-order valence-corrected chi connectivity index (χ3v) is 3.43. The SMILES string of the molecule is CC(NCCn1ccnc1)c1ccc(F)c(Br)c1. The van der Waals surface area contributed by atoms with Crippen LogP contribution in [-0.4, -0.2) is 16.1 Å². The summed E-state index contributed by atoms with van der Waals surface area (Å²) in [7, 11) is 0. The maximum Gasteiger partial charge on any atom is 0.137 e. The Balaban J connectivity index is 1.87. The zero-order chi connectivity index (χ0) is 13.0. The summed E-state index contributed by atoms with van der Waals surface area (Å²) in [5, 5.41) is 3.39. The minimum absolute atomic E-state index is 0.186. The van der Waals surface area contributed by atoms with Crippen LogP contribution in [0.15, 0.2) is 41.4 Å². The van der Waals surface area contributed by atoms with Crippen LogP contribution in [0.5, 0.6) is 0 Å². The van der Waals surface area contributed by atoms with Crippen molar-refractivity contribution in [3.05, 3.63) is 52.8 Å². The van der Waals surface area contributed by atoms with Crippen LogP contribution >= 0.6 is 15.9 Å². The Bertz CT molecular complexity index is 499. The van der Waals surface area contributed by atoms with E-state index in [9.17, 15) is 4.39 Å². The molecule has 0 aliphatic carbocycles. The molecular weight excluding hydrogens is 297 g/mol. The first kappa shape index (κ1) is 13.2. The second-order valence-corrected chi connectivity index (χ2v) is 5.00. The van der Waals surface area contributed by atoms with Crippen LogP contribution in [0.25, 0.3) is 0 Å². The van der Waals surface area contributed by atoms with Crippen LogP contribution in [0.2, 0.25) is 0 Å². The van der Waals surface area contributed by atoms with Gasteiger partial charge in [-0.25, -0.2) is 9.37 Å². The summed E-state index contributed by atoms with van der Waals surface area (Å²) in [6, 6.07) is 5.28. The van der Waals surface area contributed by atoms with Crippen molar-refractivity contribution in [3.63, 3.8) is 0 Å². The number of nitrogens with zero attached hydrogens (tertiary/aromatic N) is 2. The standard InChI is InChI=1S/C13H15BrFN3/c1-10(11-2-3-13(15)12(14)8-11)17-5-7-18-6-4-16-9-18/h2-4,6,8-10,17H,5,7H2,1H3. The predicted octanol–water partition coefficient (Wildman–Crippen LogP) is 3.14. The Morgan fingerprint density at radius 1 is 1.50 bits per heavy atom. The van der Waals surface area contributed by atoms with Gasteiger partial charge in [-0.1, -0.05) is 6.07 Å². The largest absolute Gasteiger partial charge is 0.336 e. The van der Waals surface area contributed by atoms with E-state index in [1.54, 1.807) is 18.6 Å². The molecule has 0 aliphatic rings. The van der Waals surface area contributed by atoms with Gasteiger partial charge >= 0.3 is 0 Å². The van der Waals surface area contributed by atoms with Crippen LogP contribution in [0.4, 0.5) is 4.39 Å². The Labute approximate surface area is 114 Å². The molecule has 2 rings (SSSR count). The van der Waals surface area contributed by atoms with Crippen molar-refractivity contribution in [2.24, 2.45) is 0 Å². The Hall–Kier alpha value is -1.20. The molecule has 1 atom stereocenters. The molecule has 18 heavy (non-hydrogen) atoms. The summed E-state index contributed by atoms with van der Waals surface area (Å²) in [6.45, 7) is 3.77. The van der Waals surface area contributed by atoms with E-state index in [-0.39, 0.29) is 11.9 Å². The quantitative estimate of drug-likeness (QED) is 0.919. The summed E-state index contributed by atoms with van der Waals surface area (Å²) in [5.74, 6) is -0.232. The maximum absolute atomic E-state index is 13.1. The van der Waals surface area contributed by atoms with Gasteiger partial charge in [0.15, 0.2) is 0 Å². The Kier molecular flexibility index (Phi) is 4.49. The van der Waals surface area contributed by atoms with E-state index in [0.29, 0.717) is 4.47 Å². The molecule has 1 aromatic heterocycles. The third kappa shape index (κ3) is 3.40. The van der Waals surface area contributed by atoms with Crippen LogP contribution in [0.1, 0.15) is 18.5 Å². The second-order valence-electron chi connectivity index (χ2n) is 4.15. The van der Waals surface area contributed by atoms with Crippen LogP contribution in [0.3, 0.4) is 0 Å². The van der Waals surface area contributed by atoms with Gasteiger partial charge in [0.05, 0.1) is 10.8 Å². The first-order valence-electron chi connectivity index (χ1n) is 5.81. The second kappa shape index (κ2) is 6.11. The third-order valence-electron chi connectivity index (χ3n) is 2.82. The number of halogens is 2. The molecule has 1 heterocycles. The highest BCUT2D eigenvalue weighted by molar-refractivity contribution is 9.10. The van der Waals surface area contributed by atoms with Crippen molar-refractivity contribution in [2.45, 2.75) is 19.5 Å². The topological polar surface area (TPSA) is 29.9 Å². The molecule has 0 radical (unpaired) electrons. The lowest BCUT2D eigenvalue weighted by Gasteiger charge is -2.15. The van der Waals surface area contributed by atoms with Gasteiger partial charge in [-0.05, 0) is 40.5 Å². The van der Waals surface area contributed by atoms with E-state index in [4.69, 9.17) is 0 Å². The Morgan fingerprint density at radius 3 is 3.00 bits per heavy atom. The number of rotatable bonds is 5. The molecule has 2 aromatic rings. The van der Waals surface area contributed by atoms with Gasteiger partial charge < -0.3 is 9.88 Å². The van der Waals surface area contributed by atoms with E-state index < -0.39 is 0 Å². The first-order chi connectivity index (χ1) is 8.66. The van der Waals surface area contributed by atoms with Crippen molar-refractivity contribution >= 4 is 15.9 Å². The highest BCUT2D eigenvalue weighted by atomic mass is 79.9. The lowest BCUT2D eigenvalue weighted by Crippen LogP contribution is -2.23. The summed E-state index contributed by atoms with van der Waals surface area (Å²) in [6.07, 6.45) is 5.49. The van der Waals surface area contributed by atoms with Gasteiger partial charge in [0.2, 0.25) is 0 Å². The van der Waals surface area contributed by atoms with Gasteiger partial charge in [0, 0.05) is 31.5 Å². The van der Waals surface area contributed by atoms with Crippen molar-refractivity contribution in [1.82, 2.24) is 14.9 Å². The van der Waals surface area contributed by atoms with Gasteiger partial charge in [-0.2, -0.15) is 0 Å². The molecule has 5 heteroatoms. The molecule has 0 amide bonds. The molecule has 1 aromatic carbocycles. The molecule has 0 saturated heterocycles. The Morgan fingerprint density at radius 2 is 2.33 bits per heavy atom. The molecule has 0 spiro atoms. The number of hydrogen-bond acceptors (Lipinski definition) is 2. The highest BCUT2D eigenvalue weighted by Crippen LogP contribution is 2.20. The monoisotopic (exact) mass is 311 g/mol. The van der Waals surface area contributed by atoms with E-state index in [1.807, 2.05) is 16.8 Å². The molecule has 0 bridgehead atoms. The fraction of sp³-hybridized carbons (Fsp3) is 0.308. The van der Waals surface area contributed by atoms with Gasteiger partial charge in [-0.15, -0.1) is 0 Å². The molecule has 3 nitrogen and oxygen atoms in total. The van der Waals surface area contributed by atoms with Gasteiger partial charge in [-0.3, -0.25) is 0 Å². The highest BCUT2D eigenvalue weighted by Gasteiger charge is 2.07. The fourth-order valence-corrected chi connectivity index (χ4v) is 2.13. The molecule has 96 valence electrons. The molecule has 1 N–H and O–H groups in total. The van der Waals surface area contributed by atoms with Gasteiger partial charge in [0.25, 0.3) is 0 Å². The molecule has 1 unspecified atom stereocenters. The summed E-state index contributed by atoms with van der Waals surface area (Å²) >= 11 is 3.20. The van der Waals surface area contributed by atoms with E-state index in [1.165, 1.54) is 6.07 Å².